The van der Waals surface area contributed by atoms with Gasteiger partial charge in [-0.3, -0.25) is 9.67 Å². The summed E-state index contributed by atoms with van der Waals surface area (Å²) < 4.78 is 47.2. The van der Waals surface area contributed by atoms with Crippen molar-refractivity contribution in [2.45, 2.75) is 76.6 Å². The fourth-order valence-electron chi connectivity index (χ4n) is 4.46. The Hall–Kier alpha value is -2.81. The molecule has 1 saturated heterocycles. The van der Waals surface area contributed by atoms with Gasteiger partial charge in [-0.2, -0.15) is 18.3 Å². The smallest absolute Gasteiger partial charge is 0.373 e. The van der Waals surface area contributed by atoms with Gasteiger partial charge in [0.05, 0.1) is 40.9 Å². The number of hydrogen-bond acceptors (Lipinski definition) is 5. The molecule has 3 aromatic rings. The number of aromatic nitrogens is 5. The lowest BCUT2D eigenvalue weighted by Gasteiger charge is -2.29. The first-order valence-corrected chi connectivity index (χ1v) is 11.7. The quantitative estimate of drug-likeness (QED) is 0.422. The Balaban J connectivity index is 1.44. The van der Waals surface area contributed by atoms with E-state index in [0.717, 1.165) is 35.5 Å². The second-order valence-electron chi connectivity index (χ2n) is 9.42. The Morgan fingerprint density at radius 2 is 1.91 bits per heavy atom. The largest absolute Gasteiger partial charge is 0.412 e. The molecule has 0 unspecified atom stereocenters. The molecular weight excluding hydrogens is 443 g/mol. The summed E-state index contributed by atoms with van der Waals surface area (Å²) in [5.74, 6) is 0.111. The van der Waals surface area contributed by atoms with Gasteiger partial charge in [-0.1, -0.05) is 6.58 Å². The Morgan fingerprint density at radius 1 is 1.15 bits per heavy atom. The molecule has 0 aromatic carbocycles. The van der Waals surface area contributed by atoms with Gasteiger partial charge in [0.25, 0.3) is 0 Å². The van der Waals surface area contributed by atoms with Crippen LogP contribution < -0.4 is 0 Å². The zero-order valence-corrected chi connectivity index (χ0v) is 19.4. The van der Waals surface area contributed by atoms with Crippen molar-refractivity contribution in [2.75, 3.05) is 6.61 Å². The van der Waals surface area contributed by atoms with Crippen molar-refractivity contribution in [1.82, 2.24) is 24.7 Å². The third kappa shape index (κ3) is 4.71. The molecule has 2 aliphatic rings. The highest BCUT2D eigenvalue weighted by molar-refractivity contribution is 5.77. The highest BCUT2D eigenvalue weighted by atomic mass is 19.4. The molecular formula is C25H28F3N5O. The van der Waals surface area contributed by atoms with E-state index in [1.54, 1.807) is 0 Å². The molecule has 0 radical (unpaired) electrons. The SMILES string of the molecule is C=C(CCc1nc([C@@H]2CCO[C@@H](c3cnn(C4CC4)c3)C2)cc2nc(C)c(C)nc12)C(F)(F)F. The number of alkyl halides is 3. The minimum Gasteiger partial charge on any atom is -0.373 e. The first kappa shape index (κ1) is 23.0. The summed E-state index contributed by atoms with van der Waals surface area (Å²) in [5, 5.41) is 4.49. The van der Waals surface area contributed by atoms with E-state index in [9.17, 15) is 13.2 Å². The molecule has 0 spiro atoms. The molecule has 1 aliphatic carbocycles. The number of fused-ring (bicyclic) bond motifs is 1. The maximum Gasteiger partial charge on any atom is 0.412 e. The van der Waals surface area contributed by atoms with Crippen LogP contribution in [-0.4, -0.2) is 37.5 Å². The van der Waals surface area contributed by atoms with Crippen LogP contribution in [0, 0.1) is 13.8 Å². The van der Waals surface area contributed by atoms with Crippen LogP contribution in [-0.2, 0) is 11.2 Å². The Kier molecular flexibility index (Phi) is 5.91. The molecule has 3 aromatic heterocycles. The van der Waals surface area contributed by atoms with Crippen LogP contribution in [0.2, 0.25) is 0 Å². The van der Waals surface area contributed by atoms with Gasteiger partial charge in [0, 0.05) is 35.6 Å². The van der Waals surface area contributed by atoms with E-state index in [1.165, 1.54) is 12.8 Å². The fraction of sp³-hybridized carbons (Fsp3) is 0.520. The predicted molar refractivity (Wildman–Crippen MR) is 121 cm³/mol. The summed E-state index contributed by atoms with van der Waals surface area (Å²) >= 11 is 0. The molecule has 6 nitrogen and oxygen atoms in total. The average molecular weight is 472 g/mol. The standard InChI is InChI=1S/C25H28F3N5O/c1-14(25(26,27)28)4-7-20-24-22(30-15(2)16(3)31-24)11-21(32-20)17-8-9-34-23(10-17)18-12-29-33(13-18)19-5-6-19/h11-13,17,19,23H,1,4-10H2,2-3H3/t17-,23-/m1/s1. The lowest BCUT2D eigenvalue weighted by Crippen LogP contribution is -2.20. The molecule has 2 atom stereocenters. The third-order valence-corrected chi connectivity index (χ3v) is 6.84. The Bertz CT molecular complexity index is 1230. The fourth-order valence-corrected chi connectivity index (χ4v) is 4.46. The van der Waals surface area contributed by atoms with Gasteiger partial charge in [0.1, 0.15) is 5.52 Å². The van der Waals surface area contributed by atoms with Gasteiger partial charge < -0.3 is 4.74 Å². The first-order valence-electron chi connectivity index (χ1n) is 11.7. The highest BCUT2D eigenvalue weighted by Gasteiger charge is 2.32. The number of halogens is 3. The van der Waals surface area contributed by atoms with E-state index in [-0.39, 0.29) is 24.9 Å². The van der Waals surface area contributed by atoms with Gasteiger partial charge in [0.15, 0.2) is 0 Å². The zero-order chi connectivity index (χ0) is 24.0. The lowest BCUT2D eigenvalue weighted by atomic mass is 9.89. The van der Waals surface area contributed by atoms with E-state index in [2.05, 4.69) is 27.8 Å². The number of pyridine rings is 1. The van der Waals surface area contributed by atoms with Crippen molar-refractivity contribution in [1.29, 1.82) is 0 Å². The third-order valence-electron chi connectivity index (χ3n) is 6.84. The molecule has 5 rings (SSSR count). The summed E-state index contributed by atoms with van der Waals surface area (Å²) in [6.07, 6.45) is 3.21. The van der Waals surface area contributed by atoms with Crippen LogP contribution in [0.25, 0.3) is 11.0 Å². The van der Waals surface area contributed by atoms with Crippen molar-refractivity contribution < 1.29 is 17.9 Å². The number of nitrogens with zero attached hydrogens (tertiary/aromatic N) is 5. The molecule has 0 bridgehead atoms. The topological polar surface area (TPSA) is 65.7 Å². The summed E-state index contributed by atoms with van der Waals surface area (Å²) in [7, 11) is 0. The van der Waals surface area contributed by atoms with Gasteiger partial charge in [-0.05, 0) is 58.4 Å². The molecule has 180 valence electrons. The van der Waals surface area contributed by atoms with Crippen molar-refractivity contribution in [3.63, 3.8) is 0 Å². The monoisotopic (exact) mass is 471 g/mol. The highest BCUT2D eigenvalue weighted by Crippen LogP contribution is 2.40. The van der Waals surface area contributed by atoms with Crippen LogP contribution in [0.15, 0.2) is 30.6 Å². The molecule has 34 heavy (non-hydrogen) atoms. The van der Waals surface area contributed by atoms with Crippen LogP contribution in [0.1, 0.15) is 78.5 Å². The molecule has 0 amide bonds. The summed E-state index contributed by atoms with van der Waals surface area (Å²) in [6, 6.07) is 2.45. The van der Waals surface area contributed by atoms with Gasteiger partial charge in [-0.25, -0.2) is 9.97 Å². The van der Waals surface area contributed by atoms with Gasteiger partial charge >= 0.3 is 6.18 Å². The molecule has 2 fully saturated rings. The Labute approximate surface area is 196 Å². The summed E-state index contributed by atoms with van der Waals surface area (Å²) in [4.78, 5) is 14.1. The minimum absolute atomic E-state index is 0.0805. The maximum atomic E-state index is 13.0. The van der Waals surface area contributed by atoms with Crippen LogP contribution >= 0.6 is 0 Å². The number of aryl methyl sites for hydroxylation is 3. The lowest BCUT2D eigenvalue weighted by molar-refractivity contribution is -0.0935. The van der Waals surface area contributed by atoms with Crippen molar-refractivity contribution in [2.24, 2.45) is 0 Å². The normalized spacial score (nSPS) is 21.2. The molecule has 4 heterocycles. The van der Waals surface area contributed by atoms with Crippen LogP contribution in [0.3, 0.4) is 0 Å². The number of rotatable bonds is 6. The van der Waals surface area contributed by atoms with Crippen molar-refractivity contribution >= 4 is 11.0 Å². The first-order chi connectivity index (χ1) is 16.2. The zero-order valence-electron chi connectivity index (χ0n) is 19.4. The predicted octanol–water partition coefficient (Wildman–Crippen LogP) is 5.86. The van der Waals surface area contributed by atoms with Gasteiger partial charge in [0.2, 0.25) is 0 Å². The molecule has 1 saturated carbocycles. The molecule has 9 heteroatoms. The molecule has 0 N–H and O–H groups in total. The molecule has 1 aliphatic heterocycles. The number of ether oxygens (including phenoxy) is 1. The average Bonchev–Trinajstić information content (AvgIpc) is 3.54. The van der Waals surface area contributed by atoms with E-state index in [0.29, 0.717) is 29.4 Å². The summed E-state index contributed by atoms with van der Waals surface area (Å²) in [5.41, 5.74) is 4.46. The van der Waals surface area contributed by atoms with Crippen molar-refractivity contribution in [3.8, 4) is 0 Å². The van der Waals surface area contributed by atoms with Crippen LogP contribution in [0.5, 0.6) is 0 Å². The van der Waals surface area contributed by atoms with E-state index in [4.69, 9.17) is 9.72 Å². The van der Waals surface area contributed by atoms with Crippen molar-refractivity contribution in [3.05, 3.63) is 59.0 Å². The second-order valence-corrected chi connectivity index (χ2v) is 9.42. The number of hydrogen-bond donors (Lipinski definition) is 0. The van der Waals surface area contributed by atoms with E-state index in [1.807, 2.05) is 30.8 Å². The van der Waals surface area contributed by atoms with E-state index >= 15 is 0 Å². The maximum absolute atomic E-state index is 13.0. The van der Waals surface area contributed by atoms with E-state index < -0.39 is 11.7 Å². The minimum atomic E-state index is -4.41. The number of allylic oxidation sites excluding steroid dienone is 1. The van der Waals surface area contributed by atoms with Crippen LogP contribution in [0.4, 0.5) is 13.2 Å². The van der Waals surface area contributed by atoms with Gasteiger partial charge in [-0.15, -0.1) is 0 Å². The second kappa shape index (κ2) is 8.76. The Morgan fingerprint density at radius 3 is 2.65 bits per heavy atom. The summed E-state index contributed by atoms with van der Waals surface area (Å²) in [6.45, 7) is 7.53.